The van der Waals surface area contributed by atoms with Crippen LogP contribution in [-0.2, 0) is 16.1 Å². The summed E-state index contributed by atoms with van der Waals surface area (Å²) >= 11 is 0. The third-order valence-electron chi connectivity index (χ3n) is 5.53. The zero-order chi connectivity index (χ0) is 17.9. The Morgan fingerprint density at radius 1 is 1.20 bits per heavy atom. The average Bonchev–Trinajstić information content (AvgIpc) is 3.04. The predicted octanol–water partition coefficient (Wildman–Crippen LogP) is 1.59. The maximum atomic E-state index is 12.4. The Balaban J connectivity index is 1.57. The fraction of sp³-hybridized carbons (Fsp3) is 0.579. The van der Waals surface area contributed by atoms with E-state index in [4.69, 9.17) is 11.5 Å². The van der Waals surface area contributed by atoms with Crippen LogP contribution in [0.3, 0.4) is 0 Å². The monoisotopic (exact) mass is 344 g/mol. The molecule has 0 radical (unpaired) electrons. The quantitative estimate of drug-likeness (QED) is 0.755. The number of nitrogens with one attached hydrogen (secondary N) is 1. The van der Waals surface area contributed by atoms with Gasteiger partial charge < -0.3 is 16.8 Å². The summed E-state index contributed by atoms with van der Waals surface area (Å²) in [6.45, 7) is 2.55. The smallest absolute Gasteiger partial charge is 0.244 e. The normalized spacial score (nSPS) is 21.2. The van der Waals surface area contributed by atoms with Crippen molar-refractivity contribution in [2.45, 2.75) is 50.6 Å². The molecular formula is C19H28N4O2. The van der Waals surface area contributed by atoms with Crippen LogP contribution in [-0.4, -0.2) is 35.3 Å². The molecule has 1 saturated carbocycles. The highest BCUT2D eigenvalue weighted by Crippen LogP contribution is 2.28. The number of piperidine rings is 1. The number of hydrogen-bond acceptors (Lipinski definition) is 4. The molecule has 0 unspecified atom stereocenters. The van der Waals surface area contributed by atoms with E-state index in [2.05, 4.69) is 16.3 Å². The number of benzene rings is 1. The molecule has 1 aliphatic carbocycles. The summed E-state index contributed by atoms with van der Waals surface area (Å²) in [7, 11) is 0. The third kappa shape index (κ3) is 4.38. The van der Waals surface area contributed by atoms with E-state index in [9.17, 15) is 9.59 Å². The summed E-state index contributed by atoms with van der Waals surface area (Å²) in [6.07, 6.45) is 5.19. The SMILES string of the molecule is NC(=O)C1CCN(Cc2cccc(NC(=O)C3(N)CCCC3)c2)CC1. The summed E-state index contributed by atoms with van der Waals surface area (Å²) < 4.78 is 0. The first-order chi connectivity index (χ1) is 12.0. The van der Waals surface area contributed by atoms with E-state index in [1.165, 1.54) is 0 Å². The highest BCUT2D eigenvalue weighted by molar-refractivity contribution is 5.98. The number of rotatable bonds is 5. The van der Waals surface area contributed by atoms with Gasteiger partial charge in [-0.1, -0.05) is 25.0 Å². The van der Waals surface area contributed by atoms with Gasteiger partial charge in [0.2, 0.25) is 11.8 Å². The standard InChI is InChI=1S/C19H28N4O2/c20-17(24)15-6-10-23(11-7-15)13-14-4-3-5-16(12-14)22-18(25)19(21)8-1-2-9-19/h3-5,12,15H,1-2,6-11,13,21H2,(H2,20,24)(H,22,25). The van der Waals surface area contributed by atoms with Crippen molar-refractivity contribution in [3.05, 3.63) is 29.8 Å². The van der Waals surface area contributed by atoms with Crippen molar-refractivity contribution in [3.63, 3.8) is 0 Å². The summed E-state index contributed by atoms with van der Waals surface area (Å²) in [4.78, 5) is 26.0. The van der Waals surface area contributed by atoms with Gasteiger partial charge in [0, 0.05) is 18.2 Å². The predicted molar refractivity (Wildman–Crippen MR) is 97.7 cm³/mol. The Morgan fingerprint density at radius 2 is 1.88 bits per heavy atom. The van der Waals surface area contributed by atoms with Gasteiger partial charge in [-0.15, -0.1) is 0 Å². The molecule has 0 bridgehead atoms. The van der Waals surface area contributed by atoms with Gasteiger partial charge in [0.05, 0.1) is 5.54 Å². The molecule has 1 saturated heterocycles. The molecule has 3 rings (SSSR count). The molecular weight excluding hydrogens is 316 g/mol. The molecule has 1 heterocycles. The van der Waals surface area contributed by atoms with Crippen LogP contribution >= 0.6 is 0 Å². The van der Waals surface area contributed by atoms with Crippen molar-refractivity contribution in [1.82, 2.24) is 4.90 Å². The Kier molecular flexibility index (Phi) is 5.39. The van der Waals surface area contributed by atoms with Crippen LogP contribution in [0.4, 0.5) is 5.69 Å². The van der Waals surface area contributed by atoms with Crippen molar-refractivity contribution in [2.24, 2.45) is 17.4 Å². The number of anilines is 1. The van der Waals surface area contributed by atoms with Gasteiger partial charge in [-0.3, -0.25) is 14.5 Å². The minimum absolute atomic E-state index is 0.00836. The Bertz CT molecular complexity index is 632. The van der Waals surface area contributed by atoms with Crippen molar-refractivity contribution >= 4 is 17.5 Å². The van der Waals surface area contributed by atoms with Crippen LogP contribution in [0.1, 0.15) is 44.1 Å². The summed E-state index contributed by atoms with van der Waals surface area (Å²) in [5, 5.41) is 2.98. The second kappa shape index (κ2) is 7.54. The lowest BCUT2D eigenvalue weighted by atomic mass is 9.96. The van der Waals surface area contributed by atoms with E-state index in [1.54, 1.807) is 0 Å². The molecule has 2 amide bonds. The topological polar surface area (TPSA) is 101 Å². The number of nitrogens with zero attached hydrogens (tertiary/aromatic N) is 1. The van der Waals surface area contributed by atoms with Gasteiger partial charge in [0.15, 0.2) is 0 Å². The highest BCUT2D eigenvalue weighted by atomic mass is 16.2. The Hall–Kier alpha value is -1.92. The third-order valence-corrected chi connectivity index (χ3v) is 5.53. The molecule has 1 aliphatic heterocycles. The molecule has 6 heteroatoms. The zero-order valence-electron chi connectivity index (χ0n) is 14.7. The van der Waals surface area contributed by atoms with Crippen molar-refractivity contribution in [1.29, 1.82) is 0 Å². The van der Waals surface area contributed by atoms with Crippen LogP contribution in [0, 0.1) is 5.92 Å². The lowest BCUT2D eigenvalue weighted by Crippen LogP contribution is -2.48. The van der Waals surface area contributed by atoms with Gasteiger partial charge in [-0.25, -0.2) is 0 Å². The number of carbonyl (C=O) groups excluding carboxylic acids is 2. The fourth-order valence-electron chi connectivity index (χ4n) is 3.87. The van der Waals surface area contributed by atoms with Gasteiger partial charge >= 0.3 is 0 Å². The summed E-state index contributed by atoms with van der Waals surface area (Å²) in [6, 6.07) is 7.93. The van der Waals surface area contributed by atoms with Crippen LogP contribution < -0.4 is 16.8 Å². The van der Waals surface area contributed by atoms with E-state index < -0.39 is 5.54 Å². The maximum Gasteiger partial charge on any atom is 0.244 e. The number of hydrogen-bond donors (Lipinski definition) is 3. The molecule has 1 aromatic carbocycles. The van der Waals surface area contributed by atoms with E-state index in [0.29, 0.717) is 0 Å². The maximum absolute atomic E-state index is 12.4. The largest absolute Gasteiger partial charge is 0.369 e. The first kappa shape index (κ1) is 17.9. The second-order valence-corrected chi connectivity index (χ2v) is 7.47. The first-order valence-electron chi connectivity index (χ1n) is 9.17. The van der Waals surface area contributed by atoms with Crippen LogP contribution in [0.15, 0.2) is 24.3 Å². The van der Waals surface area contributed by atoms with Gasteiger partial charge in [-0.05, 0) is 56.5 Å². The second-order valence-electron chi connectivity index (χ2n) is 7.47. The number of carbonyl (C=O) groups is 2. The van der Waals surface area contributed by atoms with Crippen molar-refractivity contribution in [3.8, 4) is 0 Å². The van der Waals surface area contributed by atoms with Gasteiger partial charge in [0.25, 0.3) is 0 Å². The number of amides is 2. The Labute approximate surface area is 148 Å². The van der Waals surface area contributed by atoms with E-state index in [0.717, 1.165) is 69.4 Å². The van der Waals surface area contributed by atoms with E-state index >= 15 is 0 Å². The molecule has 0 aromatic heterocycles. The lowest BCUT2D eigenvalue weighted by molar-refractivity contribution is -0.123. The number of primary amides is 1. The van der Waals surface area contributed by atoms with Gasteiger partial charge in [0.1, 0.15) is 0 Å². The average molecular weight is 344 g/mol. The molecule has 0 atom stereocenters. The van der Waals surface area contributed by atoms with Crippen LogP contribution in [0.25, 0.3) is 0 Å². The molecule has 136 valence electrons. The molecule has 25 heavy (non-hydrogen) atoms. The van der Waals surface area contributed by atoms with Crippen molar-refractivity contribution in [2.75, 3.05) is 18.4 Å². The minimum atomic E-state index is -0.716. The molecule has 0 spiro atoms. The summed E-state index contributed by atoms with van der Waals surface area (Å²) in [5.74, 6) is -0.259. The first-order valence-corrected chi connectivity index (χ1v) is 9.17. The fourth-order valence-corrected chi connectivity index (χ4v) is 3.87. The molecule has 2 aliphatic rings. The van der Waals surface area contributed by atoms with E-state index in [-0.39, 0.29) is 17.7 Å². The number of nitrogens with two attached hydrogens (primary N) is 2. The Morgan fingerprint density at radius 3 is 2.52 bits per heavy atom. The molecule has 1 aromatic rings. The zero-order valence-corrected chi connectivity index (χ0v) is 14.7. The van der Waals surface area contributed by atoms with E-state index in [1.807, 2.05) is 18.2 Å². The summed E-state index contributed by atoms with van der Waals surface area (Å²) in [5.41, 5.74) is 12.8. The number of likely N-dealkylation sites (tertiary alicyclic amines) is 1. The van der Waals surface area contributed by atoms with Crippen LogP contribution in [0.5, 0.6) is 0 Å². The van der Waals surface area contributed by atoms with Gasteiger partial charge in [-0.2, -0.15) is 0 Å². The van der Waals surface area contributed by atoms with Crippen LogP contribution in [0.2, 0.25) is 0 Å². The van der Waals surface area contributed by atoms with Crippen molar-refractivity contribution < 1.29 is 9.59 Å². The lowest BCUT2D eigenvalue weighted by Gasteiger charge is -2.30. The molecule has 2 fully saturated rings. The molecule has 6 nitrogen and oxygen atoms in total. The molecule has 5 N–H and O–H groups in total. The minimum Gasteiger partial charge on any atom is -0.369 e. The highest BCUT2D eigenvalue weighted by Gasteiger charge is 2.37.